The summed E-state index contributed by atoms with van der Waals surface area (Å²) in [5.74, 6) is 1.36. The minimum absolute atomic E-state index is 0.169. The fraction of sp³-hybridized carbons (Fsp3) is 0.0526. The molecule has 2 aromatic carbocycles. The standard InChI is InChI=1S/C19H14ClN3O3/c20-14-3-1-2-4-15(14)22-13-6-8-18(21-10-13)23-19(24)12-5-7-16-17(9-12)26-11-25-16/h1-10,22H,11H2,(H,21,23,24). The van der Waals surface area contributed by atoms with Gasteiger partial charge < -0.3 is 20.1 Å². The van der Waals surface area contributed by atoms with Gasteiger partial charge in [0.25, 0.3) is 5.91 Å². The van der Waals surface area contributed by atoms with Crippen LogP contribution in [-0.4, -0.2) is 17.7 Å². The molecule has 0 aliphatic carbocycles. The predicted octanol–water partition coefficient (Wildman–Crippen LogP) is 4.46. The summed E-state index contributed by atoms with van der Waals surface area (Å²) >= 11 is 6.12. The number of nitrogens with zero attached hydrogens (tertiary/aromatic N) is 1. The summed E-state index contributed by atoms with van der Waals surface area (Å²) < 4.78 is 10.5. The van der Waals surface area contributed by atoms with Crippen LogP contribution in [0.5, 0.6) is 11.5 Å². The van der Waals surface area contributed by atoms with E-state index in [1.54, 1.807) is 36.5 Å². The fourth-order valence-electron chi connectivity index (χ4n) is 2.49. The Morgan fingerprint density at radius 3 is 2.69 bits per heavy atom. The van der Waals surface area contributed by atoms with Gasteiger partial charge in [-0.2, -0.15) is 0 Å². The summed E-state index contributed by atoms with van der Waals surface area (Å²) in [4.78, 5) is 16.6. The van der Waals surface area contributed by atoms with E-state index < -0.39 is 0 Å². The number of nitrogens with one attached hydrogen (secondary N) is 2. The molecular weight excluding hydrogens is 354 g/mol. The van der Waals surface area contributed by atoms with E-state index in [0.717, 1.165) is 11.4 Å². The molecule has 2 heterocycles. The number of para-hydroxylation sites is 1. The number of ether oxygens (including phenoxy) is 2. The Morgan fingerprint density at radius 1 is 1.04 bits per heavy atom. The molecule has 0 saturated carbocycles. The van der Waals surface area contributed by atoms with E-state index in [1.165, 1.54) is 0 Å². The Morgan fingerprint density at radius 2 is 1.88 bits per heavy atom. The van der Waals surface area contributed by atoms with Crippen molar-refractivity contribution in [3.63, 3.8) is 0 Å². The fourth-order valence-corrected chi connectivity index (χ4v) is 2.67. The summed E-state index contributed by atoms with van der Waals surface area (Å²) in [6.07, 6.45) is 1.62. The molecule has 4 rings (SSSR count). The first-order valence-electron chi connectivity index (χ1n) is 7.88. The summed E-state index contributed by atoms with van der Waals surface area (Å²) in [6.45, 7) is 0.169. The first-order valence-corrected chi connectivity index (χ1v) is 8.25. The van der Waals surface area contributed by atoms with E-state index in [2.05, 4.69) is 15.6 Å². The van der Waals surface area contributed by atoms with Crippen LogP contribution in [0.25, 0.3) is 0 Å². The van der Waals surface area contributed by atoms with Gasteiger partial charge in [-0.3, -0.25) is 4.79 Å². The van der Waals surface area contributed by atoms with Crippen LogP contribution in [0.2, 0.25) is 5.02 Å². The molecule has 1 amide bonds. The van der Waals surface area contributed by atoms with Crippen LogP contribution < -0.4 is 20.1 Å². The second-order valence-corrected chi connectivity index (χ2v) is 5.97. The third-order valence-electron chi connectivity index (χ3n) is 3.79. The number of carbonyl (C=O) groups is 1. The quantitative estimate of drug-likeness (QED) is 0.712. The number of pyridine rings is 1. The number of hydrogen-bond donors (Lipinski definition) is 2. The largest absolute Gasteiger partial charge is 0.454 e. The van der Waals surface area contributed by atoms with Crippen molar-refractivity contribution in [2.75, 3.05) is 17.4 Å². The monoisotopic (exact) mass is 367 g/mol. The lowest BCUT2D eigenvalue weighted by Gasteiger charge is -2.09. The molecule has 1 aromatic heterocycles. The van der Waals surface area contributed by atoms with Gasteiger partial charge in [0, 0.05) is 5.56 Å². The van der Waals surface area contributed by atoms with Crippen molar-refractivity contribution in [3.05, 3.63) is 71.4 Å². The normalized spacial score (nSPS) is 11.9. The minimum Gasteiger partial charge on any atom is -0.454 e. The van der Waals surface area contributed by atoms with Crippen LogP contribution in [0, 0.1) is 0 Å². The highest BCUT2D eigenvalue weighted by Crippen LogP contribution is 2.32. The Bertz CT molecular complexity index is 960. The van der Waals surface area contributed by atoms with E-state index in [-0.39, 0.29) is 12.7 Å². The molecule has 3 aromatic rings. The minimum atomic E-state index is -0.275. The smallest absolute Gasteiger partial charge is 0.256 e. The van der Waals surface area contributed by atoms with E-state index in [4.69, 9.17) is 21.1 Å². The number of benzene rings is 2. The molecule has 1 aliphatic rings. The summed E-state index contributed by atoms with van der Waals surface area (Å²) in [5, 5.41) is 6.54. The molecule has 0 bridgehead atoms. The first-order chi connectivity index (χ1) is 12.7. The summed E-state index contributed by atoms with van der Waals surface area (Å²) in [6, 6.07) is 16.0. The number of amides is 1. The highest BCUT2D eigenvalue weighted by atomic mass is 35.5. The summed E-state index contributed by atoms with van der Waals surface area (Å²) in [7, 11) is 0. The van der Waals surface area contributed by atoms with Gasteiger partial charge in [0.1, 0.15) is 5.82 Å². The van der Waals surface area contributed by atoms with Gasteiger partial charge in [-0.25, -0.2) is 4.98 Å². The van der Waals surface area contributed by atoms with Gasteiger partial charge in [-0.1, -0.05) is 23.7 Å². The van der Waals surface area contributed by atoms with Crippen molar-refractivity contribution in [1.82, 2.24) is 4.98 Å². The second-order valence-electron chi connectivity index (χ2n) is 5.56. The Labute approximate surface area is 154 Å². The third-order valence-corrected chi connectivity index (χ3v) is 4.12. The molecule has 0 saturated heterocycles. The number of fused-ring (bicyclic) bond motifs is 1. The molecule has 0 radical (unpaired) electrons. The number of rotatable bonds is 4. The lowest BCUT2D eigenvalue weighted by Crippen LogP contribution is -2.12. The van der Waals surface area contributed by atoms with E-state index in [9.17, 15) is 4.79 Å². The zero-order chi connectivity index (χ0) is 17.9. The highest BCUT2D eigenvalue weighted by Gasteiger charge is 2.16. The Kier molecular flexibility index (Phi) is 4.33. The van der Waals surface area contributed by atoms with Crippen molar-refractivity contribution in [2.24, 2.45) is 0 Å². The van der Waals surface area contributed by atoms with E-state index >= 15 is 0 Å². The van der Waals surface area contributed by atoms with Crippen LogP contribution >= 0.6 is 11.6 Å². The molecule has 0 fully saturated rings. The maximum Gasteiger partial charge on any atom is 0.256 e. The van der Waals surface area contributed by atoms with Crippen molar-refractivity contribution < 1.29 is 14.3 Å². The van der Waals surface area contributed by atoms with Crippen LogP contribution in [0.4, 0.5) is 17.2 Å². The molecule has 1 aliphatic heterocycles. The predicted molar refractivity (Wildman–Crippen MR) is 99.5 cm³/mol. The lowest BCUT2D eigenvalue weighted by atomic mass is 10.2. The molecule has 2 N–H and O–H groups in total. The van der Waals surface area contributed by atoms with Gasteiger partial charge in [0.2, 0.25) is 6.79 Å². The lowest BCUT2D eigenvalue weighted by molar-refractivity contribution is 0.102. The van der Waals surface area contributed by atoms with Crippen LogP contribution in [0.1, 0.15) is 10.4 Å². The molecule has 6 nitrogen and oxygen atoms in total. The Hall–Kier alpha value is -3.25. The topological polar surface area (TPSA) is 72.5 Å². The molecule has 130 valence electrons. The van der Waals surface area contributed by atoms with Gasteiger partial charge in [0.05, 0.1) is 22.6 Å². The van der Waals surface area contributed by atoms with Gasteiger partial charge in [-0.05, 0) is 42.5 Å². The van der Waals surface area contributed by atoms with Crippen LogP contribution in [0.15, 0.2) is 60.8 Å². The third kappa shape index (κ3) is 3.41. The number of halogens is 1. The number of carbonyl (C=O) groups excluding carboxylic acids is 1. The maximum atomic E-state index is 12.4. The van der Waals surface area contributed by atoms with Crippen LogP contribution in [0.3, 0.4) is 0 Å². The Balaban J connectivity index is 1.44. The van der Waals surface area contributed by atoms with Gasteiger partial charge >= 0.3 is 0 Å². The maximum absolute atomic E-state index is 12.4. The van der Waals surface area contributed by atoms with E-state index in [0.29, 0.717) is 27.9 Å². The number of aromatic nitrogens is 1. The number of hydrogen-bond acceptors (Lipinski definition) is 5. The zero-order valence-electron chi connectivity index (χ0n) is 13.5. The van der Waals surface area contributed by atoms with Crippen molar-refractivity contribution in [1.29, 1.82) is 0 Å². The first kappa shape index (κ1) is 16.2. The van der Waals surface area contributed by atoms with Crippen molar-refractivity contribution in [3.8, 4) is 11.5 Å². The molecule has 0 spiro atoms. The molecular formula is C19H14ClN3O3. The SMILES string of the molecule is O=C(Nc1ccc(Nc2ccccc2Cl)cn1)c1ccc2c(c1)OCO2. The molecule has 26 heavy (non-hydrogen) atoms. The summed E-state index contributed by atoms with van der Waals surface area (Å²) in [5.41, 5.74) is 2.02. The van der Waals surface area contributed by atoms with Crippen molar-refractivity contribution in [2.45, 2.75) is 0 Å². The highest BCUT2D eigenvalue weighted by molar-refractivity contribution is 6.33. The molecule has 0 unspecified atom stereocenters. The van der Waals surface area contributed by atoms with E-state index in [1.807, 2.05) is 24.3 Å². The molecule has 0 atom stereocenters. The number of anilines is 3. The average molecular weight is 368 g/mol. The van der Waals surface area contributed by atoms with Crippen LogP contribution in [-0.2, 0) is 0 Å². The van der Waals surface area contributed by atoms with Gasteiger partial charge in [-0.15, -0.1) is 0 Å². The second kappa shape index (κ2) is 6.93. The average Bonchev–Trinajstić information content (AvgIpc) is 3.13. The van der Waals surface area contributed by atoms with Gasteiger partial charge in [0.15, 0.2) is 11.5 Å². The van der Waals surface area contributed by atoms with Crippen molar-refractivity contribution >= 4 is 34.7 Å². The molecule has 7 heteroatoms. The zero-order valence-corrected chi connectivity index (χ0v) is 14.3.